The lowest BCUT2D eigenvalue weighted by atomic mass is 10.1. The van der Waals surface area contributed by atoms with Gasteiger partial charge in [-0.25, -0.2) is 0 Å². The van der Waals surface area contributed by atoms with Crippen LogP contribution in [0.1, 0.15) is 23.9 Å². The van der Waals surface area contributed by atoms with E-state index in [1.165, 1.54) is 12.1 Å². The molecule has 0 saturated carbocycles. The molecule has 0 aliphatic heterocycles. The molecule has 1 heterocycles. The highest BCUT2D eigenvalue weighted by Gasteiger charge is 2.18. The van der Waals surface area contributed by atoms with Gasteiger partial charge < -0.3 is 10.1 Å². The Bertz CT molecular complexity index is 777. The summed E-state index contributed by atoms with van der Waals surface area (Å²) in [6.07, 6.45) is 0. The van der Waals surface area contributed by atoms with Gasteiger partial charge in [-0.15, -0.1) is 0 Å². The molecule has 0 bridgehead atoms. The molecule has 136 valence electrons. The summed E-state index contributed by atoms with van der Waals surface area (Å²) in [5.74, 6) is -0.429. The van der Waals surface area contributed by atoms with E-state index >= 15 is 0 Å². The first-order valence-electron chi connectivity index (χ1n) is 7.75. The van der Waals surface area contributed by atoms with Gasteiger partial charge in [0.15, 0.2) is 0 Å². The van der Waals surface area contributed by atoms with Gasteiger partial charge in [0.2, 0.25) is 5.91 Å². The molecule has 0 spiro atoms. The van der Waals surface area contributed by atoms with Crippen LogP contribution in [0.25, 0.3) is 0 Å². The van der Waals surface area contributed by atoms with E-state index < -0.39 is 6.61 Å². The van der Waals surface area contributed by atoms with E-state index in [2.05, 4.69) is 31.1 Å². The van der Waals surface area contributed by atoms with Gasteiger partial charge in [-0.05, 0) is 60.5 Å². The van der Waals surface area contributed by atoms with Crippen molar-refractivity contribution in [3.05, 3.63) is 39.6 Å². The van der Waals surface area contributed by atoms with Crippen LogP contribution >= 0.6 is 15.9 Å². The molecule has 1 amide bonds. The van der Waals surface area contributed by atoms with Gasteiger partial charge in [0.1, 0.15) is 5.75 Å². The second-order valence-electron chi connectivity index (χ2n) is 5.91. The van der Waals surface area contributed by atoms with Crippen LogP contribution in [0, 0.1) is 26.7 Å². The summed E-state index contributed by atoms with van der Waals surface area (Å²) in [6.45, 7) is 4.92. The Balaban J connectivity index is 2.04. The maximum atomic E-state index is 12.4. The quantitative estimate of drug-likeness (QED) is 0.757. The average Bonchev–Trinajstić information content (AvgIpc) is 2.76. The van der Waals surface area contributed by atoms with Crippen LogP contribution in [0.4, 0.5) is 14.5 Å². The highest BCUT2D eigenvalue weighted by atomic mass is 79.9. The Labute approximate surface area is 153 Å². The van der Waals surface area contributed by atoms with Gasteiger partial charge in [0.25, 0.3) is 0 Å². The van der Waals surface area contributed by atoms with Gasteiger partial charge in [0, 0.05) is 11.4 Å². The van der Waals surface area contributed by atoms with Gasteiger partial charge in [-0.1, -0.05) is 6.92 Å². The molecule has 8 heteroatoms. The van der Waals surface area contributed by atoms with Crippen molar-refractivity contribution < 1.29 is 18.3 Å². The third-order valence-electron chi connectivity index (χ3n) is 3.87. The summed E-state index contributed by atoms with van der Waals surface area (Å²) >= 11 is 3.46. The number of ether oxygens (including phenoxy) is 1. The van der Waals surface area contributed by atoms with Crippen LogP contribution in [0.2, 0.25) is 0 Å². The maximum absolute atomic E-state index is 12.4. The highest BCUT2D eigenvalue weighted by Crippen LogP contribution is 2.24. The monoisotopic (exact) mass is 415 g/mol. The van der Waals surface area contributed by atoms with Crippen LogP contribution in [0.5, 0.6) is 5.75 Å². The minimum Gasteiger partial charge on any atom is -0.435 e. The molecule has 5 nitrogen and oxygen atoms in total. The molecule has 1 unspecified atom stereocenters. The molecule has 0 saturated heterocycles. The molecule has 1 aromatic carbocycles. The number of anilines is 1. The second-order valence-corrected chi connectivity index (χ2v) is 6.71. The van der Waals surface area contributed by atoms with E-state index in [1.54, 1.807) is 17.7 Å². The van der Waals surface area contributed by atoms with Crippen LogP contribution in [-0.2, 0) is 11.3 Å². The molecule has 0 aliphatic rings. The summed E-state index contributed by atoms with van der Waals surface area (Å²) in [4.78, 5) is 12.4. The summed E-state index contributed by atoms with van der Waals surface area (Å²) in [7, 11) is 0. The molecule has 2 aromatic rings. The minimum atomic E-state index is -2.88. The molecule has 0 fully saturated rings. The molecule has 0 radical (unpaired) electrons. The molecule has 1 atom stereocenters. The first kappa shape index (κ1) is 19.4. The SMILES string of the molecule is Cc1cc(OC(F)F)ccc1NC(=O)C(C)Cn1nc(C)c(Br)c1C. The Kier molecular flexibility index (Phi) is 6.16. The van der Waals surface area contributed by atoms with Gasteiger partial charge in [0.05, 0.1) is 22.6 Å². The van der Waals surface area contributed by atoms with E-state index in [0.29, 0.717) is 17.8 Å². The minimum absolute atomic E-state index is 0.0611. The first-order valence-corrected chi connectivity index (χ1v) is 8.54. The number of amides is 1. The maximum Gasteiger partial charge on any atom is 0.387 e. The number of alkyl halides is 2. The fourth-order valence-electron chi connectivity index (χ4n) is 2.40. The number of aryl methyl sites for hydroxylation is 2. The average molecular weight is 416 g/mol. The van der Waals surface area contributed by atoms with E-state index in [1.807, 2.05) is 20.8 Å². The standard InChI is InChI=1S/C17H20BrF2N3O2/c1-9-7-13(25-17(19)20)5-6-14(9)21-16(24)10(2)8-23-12(4)15(18)11(3)22-23/h5-7,10,17H,8H2,1-4H3,(H,21,24). The molecule has 2 rings (SSSR count). The van der Waals surface area contributed by atoms with Crippen molar-refractivity contribution >= 4 is 27.5 Å². The van der Waals surface area contributed by atoms with Crippen molar-refractivity contribution in [1.82, 2.24) is 9.78 Å². The van der Waals surface area contributed by atoms with Crippen LogP contribution in [-0.4, -0.2) is 22.3 Å². The lowest BCUT2D eigenvalue weighted by Gasteiger charge is -2.15. The zero-order valence-corrected chi connectivity index (χ0v) is 16.0. The fourth-order valence-corrected chi connectivity index (χ4v) is 2.69. The highest BCUT2D eigenvalue weighted by molar-refractivity contribution is 9.10. The zero-order valence-electron chi connectivity index (χ0n) is 14.4. The van der Waals surface area contributed by atoms with Gasteiger partial charge in [-0.2, -0.15) is 13.9 Å². The van der Waals surface area contributed by atoms with Crippen LogP contribution < -0.4 is 10.1 Å². The number of aromatic nitrogens is 2. The number of carbonyl (C=O) groups is 1. The molecule has 1 N–H and O–H groups in total. The summed E-state index contributed by atoms with van der Waals surface area (Å²) < 4.78 is 31.5. The summed E-state index contributed by atoms with van der Waals surface area (Å²) in [5.41, 5.74) is 3.04. The first-order chi connectivity index (χ1) is 11.7. The zero-order chi connectivity index (χ0) is 18.7. The number of nitrogens with one attached hydrogen (secondary N) is 1. The van der Waals surface area contributed by atoms with Crippen molar-refractivity contribution in [3.8, 4) is 5.75 Å². The van der Waals surface area contributed by atoms with Crippen LogP contribution in [0.3, 0.4) is 0 Å². The van der Waals surface area contributed by atoms with Crippen molar-refractivity contribution in [3.63, 3.8) is 0 Å². The number of carbonyl (C=O) groups excluding carboxylic acids is 1. The number of hydrogen-bond acceptors (Lipinski definition) is 3. The van der Waals surface area contributed by atoms with Crippen molar-refractivity contribution in [1.29, 1.82) is 0 Å². The molecular formula is C17H20BrF2N3O2. The Morgan fingerprint density at radius 3 is 2.56 bits per heavy atom. The Morgan fingerprint density at radius 1 is 1.36 bits per heavy atom. The van der Waals surface area contributed by atoms with E-state index in [0.717, 1.165) is 15.9 Å². The molecule has 1 aromatic heterocycles. The summed E-state index contributed by atoms with van der Waals surface area (Å²) in [5, 5.41) is 7.21. The van der Waals surface area contributed by atoms with E-state index in [9.17, 15) is 13.6 Å². The number of benzene rings is 1. The third-order valence-corrected chi connectivity index (χ3v) is 5.02. The van der Waals surface area contributed by atoms with Gasteiger partial charge >= 0.3 is 6.61 Å². The number of hydrogen-bond donors (Lipinski definition) is 1. The van der Waals surface area contributed by atoms with Gasteiger partial charge in [-0.3, -0.25) is 9.48 Å². The predicted molar refractivity (Wildman–Crippen MR) is 95.0 cm³/mol. The predicted octanol–water partition coefficient (Wildman–Crippen LogP) is 4.45. The van der Waals surface area contributed by atoms with Crippen LogP contribution in [0.15, 0.2) is 22.7 Å². The van der Waals surface area contributed by atoms with Crippen molar-refractivity contribution in [2.24, 2.45) is 5.92 Å². The second kappa shape index (κ2) is 7.95. The van der Waals surface area contributed by atoms with E-state index in [4.69, 9.17) is 0 Å². The number of rotatable bonds is 6. The Morgan fingerprint density at radius 2 is 2.04 bits per heavy atom. The summed E-state index contributed by atoms with van der Waals surface area (Å²) in [6, 6.07) is 4.42. The molecule has 25 heavy (non-hydrogen) atoms. The van der Waals surface area contributed by atoms with Crippen molar-refractivity contribution in [2.75, 3.05) is 5.32 Å². The lowest BCUT2D eigenvalue weighted by Crippen LogP contribution is -2.25. The topological polar surface area (TPSA) is 56.1 Å². The lowest BCUT2D eigenvalue weighted by molar-refractivity contribution is -0.119. The third kappa shape index (κ3) is 4.78. The number of halogens is 3. The molecule has 0 aliphatic carbocycles. The number of nitrogens with zero attached hydrogens (tertiary/aromatic N) is 2. The largest absolute Gasteiger partial charge is 0.435 e. The normalized spacial score (nSPS) is 12.3. The van der Waals surface area contributed by atoms with E-state index in [-0.39, 0.29) is 17.6 Å². The smallest absolute Gasteiger partial charge is 0.387 e. The Hall–Kier alpha value is -1.96. The molecular weight excluding hydrogens is 396 g/mol. The van der Waals surface area contributed by atoms with Crippen molar-refractivity contribution in [2.45, 2.75) is 40.9 Å². The fraction of sp³-hybridized carbons (Fsp3) is 0.412.